The number of halogens is 1. The maximum absolute atomic E-state index is 11.5. The van der Waals surface area contributed by atoms with E-state index in [0.717, 1.165) is 5.69 Å². The molecule has 0 fully saturated rings. The molecule has 100 valence electrons. The molecule has 0 bridgehead atoms. The van der Waals surface area contributed by atoms with Crippen LogP contribution in [0.2, 0.25) is 5.02 Å². The number of carbonyl (C=O) groups excluding carboxylic acids is 1. The Morgan fingerprint density at radius 3 is 2.67 bits per heavy atom. The van der Waals surface area contributed by atoms with Crippen molar-refractivity contribution in [3.63, 3.8) is 0 Å². The lowest BCUT2D eigenvalue weighted by Crippen LogP contribution is -2.29. The molecule has 0 aromatic heterocycles. The van der Waals surface area contributed by atoms with Crippen molar-refractivity contribution in [1.29, 1.82) is 0 Å². The molecule has 0 spiro atoms. The highest BCUT2D eigenvalue weighted by atomic mass is 35.5. The summed E-state index contributed by atoms with van der Waals surface area (Å²) in [4.78, 5) is 11.5. The minimum atomic E-state index is -0.371. The third-order valence-corrected chi connectivity index (χ3v) is 2.76. The Kier molecular flexibility index (Phi) is 5.78. The minimum absolute atomic E-state index is 0.289. The SMILES string of the molecule is CCOc1ccc(NC(CC)C(=O)OC)cc1Cl. The number of rotatable bonds is 6. The number of ether oxygens (including phenoxy) is 2. The summed E-state index contributed by atoms with van der Waals surface area (Å²) in [6.45, 7) is 4.36. The summed E-state index contributed by atoms with van der Waals surface area (Å²) in [5.74, 6) is 0.346. The van der Waals surface area contributed by atoms with Gasteiger partial charge in [0.05, 0.1) is 18.7 Å². The van der Waals surface area contributed by atoms with Gasteiger partial charge in [0, 0.05) is 5.69 Å². The van der Waals surface area contributed by atoms with Crippen molar-refractivity contribution in [3.05, 3.63) is 23.2 Å². The van der Waals surface area contributed by atoms with Gasteiger partial charge in [0.25, 0.3) is 0 Å². The molecule has 0 aliphatic rings. The number of hydrogen-bond donors (Lipinski definition) is 1. The summed E-state index contributed by atoms with van der Waals surface area (Å²) >= 11 is 6.07. The van der Waals surface area contributed by atoms with Gasteiger partial charge in [-0.25, -0.2) is 4.79 Å². The predicted molar refractivity (Wildman–Crippen MR) is 72.3 cm³/mol. The molecule has 1 rings (SSSR count). The first-order chi connectivity index (χ1) is 8.62. The van der Waals surface area contributed by atoms with Gasteiger partial charge in [-0.3, -0.25) is 0 Å². The van der Waals surface area contributed by atoms with E-state index >= 15 is 0 Å². The van der Waals surface area contributed by atoms with Crippen LogP contribution in [0.15, 0.2) is 18.2 Å². The third kappa shape index (κ3) is 3.81. The lowest BCUT2D eigenvalue weighted by Gasteiger charge is -2.16. The van der Waals surface area contributed by atoms with Crippen molar-refractivity contribution in [3.8, 4) is 5.75 Å². The minimum Gasteiger partial charge on any atom is -0.492 e. The third-order valence-electron chi connectivity index (χ3n) is 2.47. The van der Waals surface area contributed by atoms with Crippen LogP contribution < -0.4 is 10.1 Å². The highest BCUT2D eigenvalue weighted by Crippen LogP contribution is 2.28. The van der Waals surface area contributed by atoms with E-state index in [1.807, 2.05) is 19.9 Å². The van der Waals surface area contributed by atoms with Crippen LogP contribution in [0.4, 0.5) is 5.69 Å². The Morgan fingerprint density at radius 2 is 2.17 bits per heavy atom. The smallest absolute Gasteiger partial charge is 0.328 e. The molecule has 0 aliphatic carbocycles. The van der Waals surface area contributed by atoms with Crippen LogP contribution in [0.1, 0.15) is 20.3 Å². The Labute approximate surface area is 112 Å². The largest absolute Gasteiger partial charge is 0.492 e. The number of esters is 1. The van der Waals surface area contributed by atoms with Crippen molar-refractivity contribution >= 4 is 23.3 Å². The van der Waals surface area contributed by atoms with E-state index in [0.29, 0.717) is 23.8 Å². The van der Waals surface area contributed by atoms with Gasteiger partial charge < -0.3 is 14.8 Å². The average molecular weight is 272 g/mol. The van der Waals surface area contributed by atoms with Gasteiger partial charge in [-0.05, 0) is 31.5 Å². The highest BCUT2D eigenvalue weighted by Gasteiger charge is 2.16. The Balaban J connectivity index is 2.78. The van der Waals surface area contributed by atoms with E-state index in [1.54, 1.807) is 12.1 Å². The van der Waals surface area contributed by atoms with E-state index in [1.165, 1.54) is 7.11 Å². The average Bonchev–Trinajstić information content (AvgIpc) is 2.38. The summed E-state index contributed by atoms with van der Waals surface area (Å²) in [5.41, 5.74) is 0.765. The topological polar surface area (TPSA) is 47.6 Å². The van der Waals surface area contributed by atoms with Gasteiger partial charge in [0.1, 0.15) is 11.8 Å². The normalized spacial score (nSPS) is 11.8. The predicted octanol–water partition coefficient (Wildman–Crippen LogP) is 3.10. The molecule has 0 radical (unpaired) electrons. The van der Waals surface area contributed by atoms with Gasteiger partial charge in [-0.15, -0.1) is 0 Å². The van der Waals surface area contributed by atoms with Gasteiger partial charge in [0.15, 0.2) is 0 Å². The van der Waals surface area contributed by atoms with Crippen LogP contribution in [0.3, 0.4) is 0 Å². The zero-order chi connectivity index (χ0) is 13.5. The maximum Gasteiger partial charge on any atom is 0.328 e. The van der Waals surface area contributed by atoms with E-state index in [-0.39, 0.29) is 12.0 Å². The van der Waals surface area contributed by atoms with E-state index in [2.05, 4.69) is 5.32 Å². The molecule has 1 unspecified atom stereocenters. The fourth-order valence-electron chi connectivity index (χ4n) is 1.53. The van der Waals surface area contributed by atoms with Crippen molar-refractivity contribution < 1.29 is 14.3 Å². The lowest BCUT2D eigenvalue weighted by atomic mass is 10.2. The van der Waals surface area contributed by atoms with E-state index in [4.69, 9.17) is 21.1 Å². The molecule has 1 N–H and O–H groups in total. The van der Waals surface area contributed by atoms with Gasteiger partial charge >= 0.3 is 5.97 Å². The zero-order valence-electron chi connectivity index (χ0n) is 10.8. The zero-order valence-corrected chi connectivity index (χ0v) is 11.6. The fourth-order valence-corrected chi connectivity index (χ4v) is 1.77. The molecule has 0 heterocycles. The maximum atomic E-state index is 11.5. The van der Waals surface area contributed by atoms with Crippen LogP contribution in [-0.4, -0.2) is 25.7 Å². The molecule has 1 aromatic carbocycles. The Morgan fingerprint density at radius 1 is 1.44 bits per heavy atom. The number of benzene rings is 1. The monoisotopic (exact) mass is 271 g/mol. The summed E-state index contributed by atoms with van der Waals surface area (Å²) in [5, 5.41) is 3.59. The van der Waals surface area contributed by atoms with Gasteiger partial charge in [0.2, 0.25) is 0 Å². The molecule has 0 aliphatic heterocycles. The Bertz CT molecular complexity index is 409. The first kappa shape index (κ1) is 14.6. The van der Waals surface area contributed by atoms with Crippen LogP contribution in [0.25, 0.3) is 0 Å². The van der Waals surface area contributed by atoms with Crippen LogP contribution in [-0.2, 0) is 9.53 Å². The summed E-state index contributed by atoms with van der Waals surface area (Å²) < 4.78 is 10.0. The van der Waals surface area contributed by atoms with Crippen LogP contribution in [0, 0.1) is 0 Å². The first-order valence-corrected chi connectivity index (χ1v) is 6.26. The molecule has 0 saturated heterocycles. The fraction of sp³-hybridized carbons (Fsp3) is 0.462. The second-order valence-corrected chi connectivity index (χ2v) is 4.11. The van der Waals surface area contributed by atoms with Crippen molar-refractivity contribution in [2.45, 2.75) is 26.3 Å². The molecule has 1 atom stereocenters. The molecule has 5 heteroatoms. The van der Waals surface area contributed by atoms with Gasteiger partial charge in [-0.1, -0.05) is 18.5 Å². The molecule has 18 heavy (non-hydrogen) atoms. The number of anilines is 1. The molecule has 1 aromatic rings. The second-order valence-electron chi connectivity index (χ2n) is 3.71. The van der Waals surface area contributed by atoms with Crippen molar-refractivity contribution in [2.24, 2.45) is 0 Å². The van der Waals surface area contributed by atoms with Crippen molar-refractivity contribution in [2.75, 3.05) is 19.0 Å². The number of nitrogens with one attached hydrogen (secondary N) is 1. The quantitative estimate of drug-likeness (QED) is 0.808. The van der Waals surface area contributed by atoms with E-state index in [9.17, 15) is 4.79 Å². The number of carbonyl (C=O) groups is 1. The lowest BCUT2D eigenvalue weighted by molar-refractivity contribution is -0.141. The second kappa shape index (κ2) is 7.11. The van der Waals surface area contributed by atoms with Crippen molar-refractivity contribution in [1.82, 2.24) is 0 Å². The molecular weight excluding hydrogens is 254 g/mol. The summed E-state index contributed by atoms with van der Waals surface area (Å²) in [6.07, 6.45) is 0.636. The van der Waals surface area contributed by atoms with E-state index < -0.39 is 0 Å². The molecule has 0 saturated carbocycles. The molecule has 4 nitrogen and oxygen atoms in total. The first-order valence-electron chi connectivity index (χ1n) is 5.89. The number of methoxy groups -OCH3 is 1. The number of hydrogen-bond acceptors (Lipinski definition) is 4. The van der Waals surface area contributed by atoms with Crippen LogP contribution >= 0.6 is 11.6 Å². The summed E-state index contributed by atoms with van der Waals surface area (Å²) in [7, 11) is 1.37. The van der Waals surface area contributed by atoms with Gasteiger partial charge in [-0.2, -0.15) is 0 Å². The standard InChI is InChI=1S/C13H18ClNO3/c1-4-11(13(16)17-3)15-9-6-7-12(18-5-2)10(14)8-9/h6-8,11,15H,4-5H2,1-3H3. The highest BCUT2D eigenvalue weighted by molar-refractivity contribution is 6.32. The summed E-state index contributed by atoms with van der Waals surface area (Å²) in [6, 6.07) is 4.96. The Hall–Kier alpha value is -1.42. The van der Waals surface area contributed by atoms with Crippen LogP contribution in [0.5, 0.6) is 5.75 Å². The molecule has 0 amide bonds. The molecular formula is C13H18ClNO3.